The van der Waals surface area contributed by atoms with E-state index in [1.807, 2.05) is 26.1 Å². The number of nitrogens with zero attached hydrogens (tertiary/aromatic N) is 3. The first-order valence-corrected chi connectivity index (χ1v) is 8.50. The third-order valence-electron chi connectivity index (χ3n) is 4.44. The Morgan fingerprint density at radius 1 is 0.920 bits per heavy atom. The van der Waals surface area contributed by atoms with Crippen molar-refractivity contribution in [3.63, 3.8) is 0 Å². The number of fused-ring (bicyclic) bond motifs is 1. The zero-order valence-corrected chi connectivity index (χ0v) is 14.7. The number of aryl methyl sites for hydroxylation is 2. The molecule has 0 fully saturated rings. The molecule has 0 spiro atoms. The highest BCUT2D eigenvalue weighted by Crippen LogP contribution is 2.27. The third kappa shape index (κ3) is 2.80. The van der Waals surface area contributed by atoms with Crippen LogP contribution in [-0.2, 0) is 7.05 Å². The van der Waals surface area contributed by atoms with Crippen molar-refractivity contribution in [2.24, 2.45) is 7.05 Å². The van der Waals surface area contributed by atoms with Crippen molar-refractivity contribution in [3.05, 3.63) is 66.5 Å². The van der Waals surface area contributed by atoms with Gasteiger partial charge in [0.15, 0.2) is 0 Å². The summed E-state index contributed by atoms with van der Waals surface area (Å²) in [5, 5.41) is 0. The average Bonchev–Trinajstić information content (AvgIpc) is 3.17. The Labute approximate surface area is 147 Å². The summed E-state index contributed by atoms with van der Waals surface area (Å²) in [7, 11) is 2.05. The molecule has 4 heteroatoms. The molecular formula is C21H21N3O. The van der Waals surface area contributed by atoms with Gasteiger partial charge in [-0.2, -0.15) is 0 Å². The summed E-state index contributed by atoms with van der Waals surface area (Å²) in [5.74, 6) is 1.83. The lowest BCUT2D eigenvalue weighted by Crippen LogP contribution is -1.94. The predicted octanol–water partition coefficient (Wildman–Crippen LogP) is 4.71. The van der Waals surface area contributed by atoms with E-state index in [1.165, 1.54) is 5.56 Å². The maximum absolute atomic E-state index is 5.52. The van der Waals surface area contributed by atoms with Crippen molar-refractivity contribution in [1.29, 1.82) is 0 Å². The Morgan fingerprint density at radius 3 is 2.24 bits per heavy atom. The van der Waals surface area contributed by atoms with Gasteiger partial charge in [0, 0.05) is 25.0 Å². The molecule has 0 radical (unpaired) electrons. The zero-order valence-electron chi connectivity index (χ0n) is 14.7. The van der Waals surface area contributed by atoms with Gasteiger partial charge in [-0.1, -0.05) is 29.8 Å². The summed E-state index contributed by atoms with van der Waals surface area (Å²) < 4.78 is 9.72. The van der Waals surface area contributed by atoms with Crippen LogP contribution in [0.5, 0.6) is 5.75 Å². The summed E-state index contributed by atoms with van der Waals surface area (Å²) in [6, 6.07) is 16.6. The van der Waals surface area contributed by atoms with Crippen LogP contribution in [0, 0.1) is 6.92 Å². The summed E-state index contributed by atoms with van der Waals surface area (Å²) in [6.07, 6.45) is 4.20. The number of rotatable bonds is 4. The SMILES string of the molecule is CCOc1ccc(-c2cn3cc(-c4ccc(C)cc4)nc3n2C)cc1. The summed E-state index contributed by atoms with van der Waals surface area (Å²) >= 11 is 0. The number of hydrogen-bond donors (Lipinski definition) is 0. The van der Waals surface area contributed by atoms with E-state index < -0.39 is 0 Å². The molecule has 0 saturated carbocycles. The van der Waals surface area contributed by atoms with Gasteiger partial charge in [-0.15, -0.1) is 0 Å². The van der Waals surface area contributed by atoms with Crippen LogP contribution in [0.3, 0.4) is 0 Å². The standard InChI is InChI=1S/C21H21N3O/c1-4-25-18-11-9-17(10-12-18)20-14-24-13-19(22-21(24)23(20)3)16-7-5-15(2)6-8-16/h5-14H,4H2,1-3H3. The van der Waals surface area contributed by atoms with Gasteiger partial charge in [0.1, 0.15) is 5.75 Å². The molecule has 0 amide bonds. The Bertz CT molecular complexity index is 1010. The molecular weight excluding hydrogens is 310 g/mol. The van der Waals surface area contributed by atoms with E-state index in [0.717, 1.165) is 34.0 Å². The maximum Gasteiger partial charge on any atom is 0.214 e. The van der Waals surface area contributed by atoms with E-state index in [-0.39, 0.29) is 0 Å². The fourth-order valence-corrected chi connectivity index (χ4v) is 3.07. The van der Waals surface area contributed by atoms with Gasteiger partial charge in [-0.3, -0.25) is 4.40 Å². The van der Waals surface area contributed by atoms with E-state index in [4.69, 9.17) is 9.72 Å². The first kappa shape index (κ1) is 15.5. The molecule has 0 aliphatic rings. The molecule has 25 heavy (non-hydrogen) atoms. The molecule has 0 aliphatic carbocycles. The van der Waals surface area contributed by atoms with Gasteiger partial charge in [0.2, 0.25) is 5.78 Å². The normalized spacial score (nSPS) is 11.2. The second-order valence-electron chi connectivity index (χ2n) is 6.23. The summed E-state index contributed by atoms with van der Waals surface area (Å²) in [6.45, 7) is 4.77. The topological polar surface area (TPSA) is 31.5 Å². The van der Waals surface area contributed by atoms with Gasteiger partial charge >= 0.3 is 0 Å². The molecule has 4 nitrogen and oxygen atoms in total. The van der Waals surface area contributed by atoms with Crippen molar-refractivity contribution in [2.45, 2.75) is 13.8 Å². The second kappa shape index (κ2) is 6.13. The smallest absolute Gasteiger partial charge is 0.214 e. The fourth-order valence-electron chi connectivity index (χ4n) is 3.07. The first-order valence-electron chi connectivity index (χ1n) is 8.50. The number of hydrogen-bond acceptors (Lipinski definition) is 2. The molecule has 0 aliphatic heterocycles. The van der Waals surface area contributed by atoms with Gasteiger partial charge in [0.25, 0.3) is 0 Å². The molecule has 0 bridgehead atoms. The van der Waals surface area contributed by atoms with Crippen molar-refractivity contribution in [3.8, 4) is 28.3 Å². The third-order valence-corrected chi connectivity index (χ3v) is 4.44. The highest BCUT2D eigenvalue weighted by molar-refractivity contribution is 5.67. The Kier molecular flexibility index (Phi) is 3.80. The van der Waals surface area contributed by atoms with Crippen LogP contribution in [0.1, 0.15) is 12.5 Å². The number of benzene rings is 2. The molecule has 0 saturated heterocycles. The Balaban J connectivity index is 1.71. The predicted molar refractivity (Wildman–Crippen MR) is 101 cm³/mol. The number of ether oxygens (including phenoxy) is 1. The van der Waals surface area contributed by atoms with E-state index in [0.29, 0.717) is 6.61 Å². The largest absolute Gasteiger partial charge is 0.494 e. The van der Waals surface area contributed by atoms with Gasteiger partial charge < -0.3 is 9.30 Å². The lowest BCUT2D eigenvalue weighted by molar-refractivity contribution is 0.340. The lowest BCUT2D eigenvalue weighted by atomic mass is 10.1. The van der Waals surface area contributed by atoms with Crippen LogP contribution >= 0.6 is 0 Å². The van der Waals surface area contributed by atoms with Gasteiger partial charge in [-0.05, 0) is 43.7 Å². The van der Waals surface area contributed by atoms with Crippen molar-refractivity contribution < 1.29 is 4.74 Å². The maximum atomic E-state index is 5.52. The number of aromatic nitrogens is 3. The minimum absolute atomic E-state index is 0.680. The zero-order chi connectivity index (χ0) is 17.4. The number of imidazole rings is 2. The van der Waals surface area contributed by atoms with Crippen LogP contribution < -0.4 is 4.74 Å². The van der Waals surface area contributed by atoms with E-state index >= 15 is 0 Å². The Hall–Kier alpha value is -3.01. The minimum Gasteiger partial charge on any atom is -0.494 e. The highest BCUT2D eigenvalue weighted by atomic mass is 16.5. The molecule has 0 atom stereocenters. The Morgan fingerprint density at radius 2 is 1.60 bits per heavy atom. The summed E-state index contributed by atoms with van der Waals surface area (Å²) in [4.78, 5) is 4.81. The monoisotopic (exact) mass is 331 g/mol. The van der Waals surface area contributed by atoms with Crippen LogP contribution in [0.2, 0.25) is 0 Å². The molecule has 126 valence electrons. The molecule has 4 aromatic rings. The molecule has 0 unspecified atom stereocenters. The quantitative estimate of drug-likeness (QED) is 0.542. The lowest BCUT2D eigenvalue weighted by Gasteiger charge is -2.05. The van der Waals surface area contributed by atoms with Crippen molar-refractivity contribution >= 4 is 5.78 Å². The second-order valence-corrected chi connectivity index (χ2v) is 6.23. The van der Waals surface area contributed by atoms with Gasteiger partial charge in [0.05, 0.1) is 18.0 Å². The molecule has 2 aromatic carbocycles. The van der Waals surface area contributed by atoms with Gasteiger partial charge in [-0.25, -0.2) is 4.98 Å². The van der Waals surface area contributed by atoms with E-state index in [9.17, 15) is 0 Å². The molecule has 2 aromatic heterocycles. The van der Waals surface area contributed by atoms with E-state index in [2.05, 4.69) is 64.7 Å². The average molecular weight is 331 g/mol. The minimum atomic E-state index is 0.680. The highest BCUT2D eigenvalue weighted by Gasteiger charge is 2.12. The first-order chi connectivity index (χ1) is 12.2. The molecule has 4 rings (SSSR count). The van der Waals surface area contributed by atoms with Crippen LogP contribution in [0.4, 0.5) is 0 Å². The molecule has 0 N–H and O–H groups in total. The van der Waals surface area contributed by atoms with Crippen LogP contribution in [0.25, 0.3) is 28.3 Å². The van der Waals surface area contributed by atoms with Crippen molar-refractivity contribution in [1.82, 2.24) is 14.0 Å². The van der Waals surface area contributed by atoms with Crippen LogP contribution in [-0.4, -0.2) is 20.6 Å². The summed E-state index contributed by atoms with van der Waals surface area (Å²) in [5.41, 5.74) is 5.65. The van der Waals surface area contributed by atoms with Crippen LogP contribution in [0.15, 0.2) is 60.9 Å². The fraction of sp³-hybridized carbons (Fsp3) is 0.190. The van der Waals surface area contributed by atoms with Crippen molar-refractivity contribution in [2.75, 3.05) is 6.61 Å². The van der Waals surface area contributed by atoms with E-state index in [1.54, 1.807) is 0 Å². The molecule has 2 heterocycles.